The summed E-state index contributed by atoms with van der Waals surface area (Å²) in [5, 5.41) is 7.79. The lowest BCUT2D eigenvalue weighted by molar-refractivity contribution is 1.10. The molecule has 72 valence electrons. The van der Waals surface area contributed by atoms with Gasteiger partial charge in [-0.1, -0.05) is 0 Å². The van der Waals surface area contributed by atoms with Gasteiger partial charge in [-0.3, -0.25) is 4.40 Å². The molecule has 0 radical (unpaired) electrons. The number of pyridine rings is 1. The van der Waals surface area contributed by atoms with E-state index >= 15 is 0 Å². The summed E-state index contributed by atoms with van der Waals surface area (Å²) < 4.78 is 1.85. The first-order chi connectivity index (χ1) is 7.43. The second kappa shape index (κ2) is 3.13. The Kier molecular flexibility index (Phi) is 1.68. The van der Waals surface area contributed by atoms with Crippen LogP contribution in [0.25, 0.3) is 16.8 Å². The van der Waals surface area contributed by atoms with E-state index in [1.54, 1.807) is 18.7 Å². The molecule has 3 heterocycles. The van der Waals surface area contributed by atoms with Crippen LogP contribution in [0, 0.1) is 0 Å². The largest absolute Gasteiger partial charge is 0.289 e. The molecule has 3 rings (SSSR count). The number of hydrogen-bond donors (Lipinski definition) is 0. The monoisotopic (exact) mass is 197 g/mol. The van der Waals surface area contributed by atoms with Crippen LogP contribution in [-0.4, -0.2) is 24.6 Å². The summed E-state index contributed by atoms with van der Waals surface area (Å²) in [6.07, 6.45) is 8.64. The zero-order chi connectivity index (χ0) is 10.1. The van der Waals surface area contributed by atoms with Crippen LogP contribution in [0.4, 0.5) is 0 Å². The number of fused-ring (bicyclic) bond motifs is 1. The van der Waals surface area contributed by atoms with Gasteiger partial charge in [-0.15, -0.1) is 10.2 Å². The van der Waals surface area contributed by atoms with Gasteiger partial charge in [0, 0.05) is 24.2 Å². The van der Waals surface area contributed by atoms with Crippen LogP contribution in [0.3, 0.4) is 0 Å². The van der Waals surface area contributed by atoms with Gasteiger partial charge in [-0.2, -0.15) is 0 Å². The molecule has 15 heavy (non-hydrogen) atoms. The van der Waals surface area contributed by atoms with Gasteiger partial charge >= 0.3 is 0 Å². The molecule has 0 saturated carbocycles. The van der Waals surface area contributed by atoms with Gasteiger partial charge in [-0.05, 0) is 17.7 Å². The molecule has 5 heteroatoms. The van der Waals surface area contributed by atoms with Crippen molar-refractivity contribution < 1.29 is 0 Å². The minimum Gasteiger partial charge on any atom is -0.289 e. The van der Waals surface area contributed by atoms with Gasteiger partial charge in [-0.25, -0.2) is 9.97 Å². The van der Waals surface area contributed by atoms with Crippen LogP contribution in [0.1, 0.15) is 0 Å². The van der Waals surface area contributed by atoms with E-state index in [1.807, 2.05) is 22.7 Å². The summed E-state index contributed by atoms with van der Waals surface area (Å²) in [6.45, 7) is 0. The quantitative estimate of drug-likeness (QED) is 0.588. The molecule has 5 nitrogen and oxygen atoms in total. The fourth-order valence-corrected chi connectivity index (χ4v) is 1.45. The second-order valence-corrected chi connectivity index (χ2v) is 3.14. The molecule has 0 aromatic carbocycles. The van der Waals surface area contributed by atoms with Crippen LogP contribution in [0.5, 0.6) is 0 Å². The number of nitrogens with zero attached hydrogens (tertiary/aromatic N) is 5. The molecule has 0 spiro atoms. The Morgan fingerprint density at radius 1 is 1.07 bits per heavy atom. The third-order valence-corrected chi connectivity index (χ3v) is 2.19. The summed E-state index contributed by atoms with van der Waals surface area (Å²) in [4.78, 5) is 7.95. The Balaban J connectivity index is 2.19. The Morgan fingerprint density at radius 2 is 1.93 bits per heavy atom. The van der Waals surface area contributed by atoms with E-state index in [1.165, 1.54) is 6.33 Å². The van der Waals surface area contributed by atoms with Crippen molar-refractivity contribution in [3.8, 4) is 11.1 Å². The number of aromatic nitrogens is 5. The lowest BCUT2D eigenvalue weighted by atomic mass is 10.1. The van der Waals surface area contributed by atoms with Crippen molar-refractivity contribution in [2.45, 2.75) is 0 Å². The van der Waals surface area contributed by atoms with E-state index in [2.05, 4.69) is 20.2 Å². The second-order valence-electron chi connectivity index (χ2n) is 3.14. The lowest BCUT2D eigenvalue weighted by Gasteiger charge is -1.99. The first-order valence-electron chi connectivity index (χ1n) is 4.48. The average molecular weight is 197 g/mol. The molecule has 3 aromatic rings. The first kappa shape index (κ1) is 8.05. The molecule has 0 aliphatic carbocycles. The summed E-state index contributed by atoms with van der Waals surface area (Å²) in [6, 6.07) is 3.93. The molecular weight excluding hydrogens is 190 g/mol. The molecule has 0 amide bonds. The van der Waals surface area contributed by atoms with Crippen LogP contribution in [0.2, 0.25) is 0 Å². The predicted octanol–water partition coefficient (Wildman–Crippen LogP) is 1.19. The van der Waals surface area contributed by atoms with Gasteiger partial charge in [0.1, 0.15) is 12.7 Å². The molecular formula is C10H7N5. The lowest BCUT2D eigenvalue weighted by Crippen LogP contribution is -1.86. The van der Waals surface area contributed by atoms with Crippen molar-refractivity contribution >= 4 is 5.65 Å². The highest BCUT2D eigenvalue weighted by Gasteiger charge is 2.00. The van der Waals surface area contributed by atoms with Gasteiger partial charge < -0.3 is 0 Å². The third-order valence-electron chi connectivity index (χ3n) is 2.19. The minimum atomic E-state index is 0.816. The highest BCUT2D eigenvalue weighted by Crippen LogP contribution is 2.17. The fourth-order valence-electron chi connectivity index (χ4n) is 1.45. The summed E-state index contributed by atoms with van der Waals surface area (Å²) in [5.74, 6) is 0. The summed E-state index contributed by atoms with van der Waals surface area (Å²) in [5.41, 5.74) is 2.83. The Bertz CT molecular complexity index is 587. The molecule has 0 bridgehead atoms. The maximum absolute atomic E-state index is 3.98. The van der Waals surface area contributed by atoms with Crippen LogP contribution < -0.4 is 0 Å². The van der Waals surface area contributed by atoms with E-state index in [-0.39, 0.29) is 0 Å². The van der Waals surface area contributed by atoms with Gasteiger partial charge in [0.05, 0.1) is 0 Å². The van der Waals surface area contributed by atoms with Crippen molar-refractivity contribution in [3.05, 3.63) is 43.4 Å². The molecule has 3 aromatic heterocycles. The van der Waals surface area contributed by atoms with Crippen molar-refractivity contribution in [1.29, 1.82) is 0 Å². The number of rotatable bonds is 1. The van der Waals surface area contributed by atoms with E-state index in [0.29, 0.717) is 0 Å². The van der Waals surface area contributed by atoms with Crippen LogP contribution >= 0.6 is 0 Å². The zero-order valence-electron chi connectivity index (χ0n) is 7.78. The minimum absolute atomic E-state index is 0.816. The van der Waals surface area contributed by atoms with Crippen molar-refractivity contribution in [1.82, 2.24) is 24.6 Å². The maximum Gasteiger partial charge on any atom is 0.161 e. The van der Waals surface area contributed by atoms with Crippen LogP contribution in [-0.2, 0) is 0 Å². The SMILES string of the molecule is c1ncc(-c2ccn3cnnc3c2)cn1. The van der Waals surface area contributed by atoms with Crippen molar-refractivity contribution in [3.63, 3.8) is 0 Å². The molecule has 0 atom stereocenters. The average Bonchev–Trinajstić information content (AvgIpc) is 2.77. The van der Waals surface area contributed by atoms with Crippen LogP contribution in [0.15, 0.2) is 43.4 Å². The summed E-state index contributed by atoms with van der Waals surface area (Å²) >= 11 is 0. The topological polar surface area (TPSA) is 56.0 Å². The Labute approximate surface area is 85.5 Å². The first-order valence-corrected chi connectivity index (χ1v) is 4.48. The van der Waals surface area contributed by atoms with E-state index < -0.39 is 0 Å². The highest BCUT2D eigenvalue weighted by molar-refractivity contribution is 5.65. The Hall–Kier alpha value is -2.30. The van der Waals surface area contributed by atoms with Gasteiger partial charge in [0.25, 0.3) is 0 Å². The van der Waals surface area contributed by atoms with Gasteiger partial charge in [0.2, 0.25) is 0 Å². The van der Waals surface area contributed by atoms with Crippen molar-refractivity contribution in [2.75, 3.05) is 0 Å². The molecule has 0 N–H and O–H groups in total. The van der Waals surface area contributed by atoms with E-state index in [9.17, 15) is 0 Å². The normalized spacial score (nSPS) is 10.7. The third kappa shape index (κ3) is 1.34. The van der Waals surface area contributed by atoms with E-state index in [4.69, 9.17) is 0 Å². The molecule has 0 unspecified atom stereocenters. The smallest absolute Gasteiger partial charge is 0.161 e. The Morgan fingerprint density at radius 3 is 2.80 bits per heavy atom. The van der Waals surface area contributed by atoms with E-state index in [0.717, 1.165) is 16.8 Å². The zero-order valence-corrected chi connectivity index (χ0v) is 7.78. The molecule has 0 saturated heterocycles. The fraction of sp³-hybridized carbons (Fsp3) is 0. The molecule has 0 fully saturated rings. The molecule has 0 aliphatic heterocycles. The maximum atomic E-state index is 3.98. The van der Waals surface area contributed by atoms with Crippen molar-refractivity contribution in [2.24, 2.45) is 0 Å². The molecule has 0 aliphatic rings. The highest BCUT2D eigenvalue weighted by atomic mass is 15.2. The van der Waals surface area contributed by atoms with Gasteiger partial charge in [0.15, 0.2) is 5.65 Å². The number of hydrogen-bond acceptors (Lipinski definition) is 4. The predicted molar refractivity (Wildman–Crippen MR) is 54.0 cm³/mol. The standard InChI is InChI=1S/C10H7N5/c1-2-15-7-13-14-10(15)3-8(1)9-4-11-6-12-5-9/h1-7H. The summed E-state index contributed by atoms with van der Waals surface area (Å²) in [7, 11) is 0.